The minimum absolute atomic E-state index is 0.0755. The molecular weight excluding hydrogens is 468 g/mol. The second kappa shape index (κ2) is 12.0. The molecule has 1 fully saturated rings. The molecule has 3 atom stereocenters. The molecule has 0 spiro atoms. The number of likely N-dealkylation sites (tertiary alicyclic amines) is 1. The molecule has 8 heteroatoms. The minimum atomic E-state index is -0.726. The van der Waals surface area contributed by atoms with Gasteiger partial charge in [0.1, 0.15) is 5.75 Å². The van der Waals surface area contributed by atoms with Gasteiger partial charge in [0.15, 0.2) is 0 Å². The number of hydrogen-bond acceptors (Lipinski definition) is 7. The summed E-state index contributed by atoms with van der Waals surface area (Å²) in [7, 11) is 1.62. The quantitative estimate of drug-likeness (QED) is 0.272. The van der Waals surface area contributed by atoms with E-state index < -0.39 is 12.1 Å². The molecule has 6 nitrogen and oxygen atoms in total. The van der Waals surface area contributed by atoms with Crippen molar-refractivity contribution in [3.8, 4) is 5.75 Å². The second-order valence-electron chi connectivity index (χ2n) is 8.80. The third-order valence-corrected chi connectivity index (χ3v) is 8.88. The number of hydrogen-bond donors (Lipinski definition) is 2. The highest BCUT2D eigenvalue weighted by Gasteiger charge is 2.34. The smallest absolute Gasteiger partial charge is 0.308 e. The van der Waals surface area contributed by atoms with Crippen molar-refractivity contribution in [2.75, 3.05) is 32.5 Å². The molecule has 4 rings (SSSR count). The van der Waals surface area contributed by atoms with Crippen LogP contribution in [0.3, 0.4) is 0 Å². The first kappa shape index (κ1) is 25.0. The molecule has 0 unspecified atom stereocenters. The molecule has 0 amide bonds. The van der Waals surface area contributed by atoms with Gasteiger partial charge in [-0.1, -0.05) is 6.07 Å². The number of carbonyl (C=O) groups is 1. The number of thiophene rings is 1. The zero-order valence-electron chi connectivity index (χ0n) is 19.4. The van der Waals surface area contributed by atoms with Gasteiger partial charge in [0.25, 0.3) is 0 Å². The molecule has 2 aromatic heterocycles. The maximum Gasteiger partial charge on any atom is 0.308 e. The van der Waals surface area contributed by atoms with E-state index in [-0.39, 0.29) is 11.8 Å². The Bertz CT molecular complexity index is 1080. The highest BCUT2D eigenvalue weighted by Crippen LogP contribution is 2.34. The molecule has 182 valence electrons. The van der Waals surface area contributed by atoms with Crippen molar-refractivity contribution in [3.63, 3.8) is 0 Å². The molecule has 1 aromatic carbocycles. The van der Waals surface area contributed by atoms with Crippen LogP contribution in [0.4, 0.5) is 0 Å². The van der Waals surface area contributed by atoms with Crippen molar-refractivity contribution in [1.82, 2.24) is 9.88 Å². The Morgan fingerprint density at radius 1 is 1.35 bits per heavy atom. The van der Waals surface area contributed by atoms with E-state index in [1.54, 1.807) is 24.6 Å². The summed E-state index contributed by atoms with van der Waals surface area (Å²) in [5.41, 5.74) is 1.63. The fraction of sp³-hybridized carbons (Fsp3) is 0.462. The zero-order valence-corrected chi connectivity index (χ0v) is 21.1. The van der Waals surface area contributed by atoms with Crippen LogP contribution in [-0.2, 0) is 4.79 Å². The van der Waals surface area contributed by atoms with Crippen LogP contribution in [0, 0.1) is 11.8 Å². The predicted octanol–water partition coefficient (Wildman–Crippen LogP) is 5.32. The molecule has 0 radical (unpaired) electrons. The van der Waals surface area contributed by atoms with Gasteiger partial charge in [-0.15, -0.1) is 23.1 Å². The van der Waals surface area contributed by atoms with Crippen molar-refractivity contribution in [2.45, 2.75) is 36.0 Å². The number of methoxy groups -OCH3 is 1. The first-order valence-electron chi connectivity index (χ1n) is 11.8. The molecule has 2 N–H and O–H groups in total. The number of rotatable bonds is 11. The summed E-state index contributed by atoms with van der Waals surface area (Å²) < 4.78 is 6.67. The first-order valence-corrected chi connectivity index (χ1v) is 13.6. The highest BCUT2D eigenvalue weighted by molar-refractivity contribution is 8.01. The van der Waals surface area contributed by atoms with Gasteiger partial charge in [0.05, 0.1) is 28.9 Å². The van der Waals surface area contributed by atoms with Gasteiger partial charge in [-0.2, -0.15) is 0 Å². The number of aromatic nitrogens is 1. The van der Waals surface area contributed by atoms with E-state index in [1.807, 2.05) is 36.0 Å². The summed E-state index contributed by atoms with van der Waals surface area (Å²) in [6.07, 6.45) is 4.17. The number of thioether (sulfide) groups is 1. The van der Waals surface area contributed by atoms with E-state index in [9.17, 15) is 15.0 Å². The summed E-state index contributed by atoms with van der Waals surface area (Å²) in [5.74, 6) is 0.735. The molecule has 0 saturated carbocycles. The van der Waals surface area contributed by atoms with Gasteiger partial charge in [-0.3, -0.25) is 9.78 Å². The average molecular weight is 501 g/mol. The summed E-state index contributed by atoms with van der Waals surface area (Å²) >= 11 is 3.63. The summed E-state index contributed by atoms with van der Waals surface area (Å²) in [4.78, 5) is 18.7. The lowest BCUT2D eigenvalue weighted by molar-refractivity contribution is -0.146. The van der Waals surface area contributed by atoms with Gasteiger partial charge >= 0.3 is 5.97 Å². The van der Waals surface area contributed by atoms with E-state index in [4.69, 9.17) is 4.74 Å². The van der Waals surface area contributed by atoms with Gasteiger partial charge in [0.2, 0.25) is 0 Å². The number of carboxylic acid groups (broad SMARTS) is 1. The van der Waals surface area contributed by atoms with E-state index in [2.05, 4.69) is 27.4 Å². The van der Waals surface area contributed by atoms with Gasteiger partial charge in [-0.05, 0) is 86.0 Å². The summed E-state index contributed by atoms with van der Waals surface area (Å²) in [5, 5.41) is 23.8. The number of aliphatic carboxylic acids is 1. The fourth-order valence-corrected chi connectivity index (χ4v) is 6.58. The normalized spacial score (nSPS) is 19.8. The van der Waals surface area contributed by atoms with Crippen molar-refractivity contribution in [2.24, 2.45) is 11.8 Å². The number of aliphatic hydroxyl groups is 1. The monoisotopic (exact) mass is 500 g/mol. The largest absolute Gasteiger partial charge is 0.497 e. The SMILES string of the molecule is COc1ccc2nccc([C@H](O)CC[C@@H]3CCN(CCCSc4cccs4)C[C@@H]3C(=O)O)c2c1. The molecular formula is C26H32N2O4S2. The maximum atomic E-state index is 12.0. The van der Waals surface area contributed by atoms with Crippen LogP contribution in [0.1, 0.15) is 37.4 Å². The number of fused-ring (bicyclic) bond motifs is 1. The van der Waals surface area contributed by atoms with E-state index >= 15 is 0 Å². The van der Waals surface area contributed by atoms with Gasteiger partial charge in [-0.25, -0.2) is 0 Å². The number of aliphatic hydroxyl groups excluding tert-OH is 1. The standard InChI is InChI=1S/C26H32N2O4S2/c1-32-19-6-7-23-21(16-19)20(9-11-27-23)24(29)8-5-18-10-13-28(17-22(18)26(30)31)12-3-15-34-25-4-2-14-33-25/h2,4,6-7,9,11,14,16,18,22,24,29H,3,5,8,10,12-13,15,17H2,1H3,(H,30,31)/t18-,22+,24-/m1/s1. The maximum absolute atomic E-state index is 12.0. The Hall–Kier alpha value is -2.13. The molecule has 34 heavy (non-hydrogen) atoms. The number of piperidine rings is 1. The highest BCUT2D eigenvalue weighted by atomic mass is 32.2. The zero-order chi connectivity index (χ0) is 23.9. The Labute approximate surface area is 209 Å². The molecule has 3 aromatic rings. The molecule has 1 aliphatic heterocycles. The number of carboxylic acids is 1. The molecule has 0 aliphatic carbocycles. The number of ether oxygens (including phenoxy) is 1. The lowest BCUT2D eigenvalue weighted by Crippen LogP contribution is -2.44. The number of benzene rings is 1. The van der Waals surface area contributed by atoms with Crippen LogP contribution in [0.25, 0.3) is 10.9 Å². The number of pyridine rings is 1. The Balaban J connectivity index is 1.31. The third kappa shape index (κ3) is 6.30. The van der Waals surface area contributed by atoms with Crippen LogP contribution in [0.5, 0.6) is 5.75 Å². The topological polar surface area (TPSA) is 82.9 Å². The van der Waals surface area contributed by atoms with Crippen LogP contribution in [-0.4, -0.2) is 58.6 Å². The first-order chi connectivity index (χ1) is 16.5. The van der Waals surface area contributed by atoms with E-state index in [0.29, 0.717) is 19.4 Å². The molecule has 1 aliphatic rings. The predicted molar refractivity (Wildman–Crippen MR) is 138 cm³/mol. The van der Waals surface area contributed by atoms with Crippen molar-refractivity contribution in [3.05, 3.63) is 53.5 Å². The van der Waals surface area contributed by atoms with Gasteiger partial charge < -0.3 is 19.8 Å². The minimum Gasteiger partial charge on any atom is -0.497 e. The second-order valence-corrected chi connectivity index (χ2v) is 11.1. The van der Waals surface area contributed by atoms with E-state index in [1.165, 1.54) is 4.21 Å². The molecule has 0 bridgehead atoms. The lowest BCUT2D eigenvalue weighted by Gasteiger charge is -2.37. The van der Waals surface area contributed by atoms with Crippen molar-refractivity contribution < 1.29 is 19.7 Å². The van der Waals surface area contributed by atoms with Crippen LogP contribution in [0.2, 0.25) is 0 Å². The Morgan fingerprint density at radius 2 is 2.24 bits per heavy atom. The fourth-order valence-electron chi connectivity index (χ4n) is 4.79. The molecule has 3 heterocycles. The van der Waals surface area contributed by atoms with Crippen LogP contribution in [0.15, 0.2) is 52.2 Å². The Morgan fingerprint density at radius 3 is 3.00 bits per heavy atom. The third-order valence-electron chi connectivity index (χ3n) is 6.67. The summed E-state index contributed by atoms with van der Waals surface area (Å²) in [6.45, 7) is 2.45. The van der Waals surface area contributed by atoms with Crippen molar-refractivity contribution in [1.29, 1.82) is 0 Å². The van der Waals surface area contributed by atoms with Crippen molar-refractivity contribution >= 4 is 40.0 Å². The lowest BCUT2D eigenvalue weighted by atomic mass is 9.81. The number of nitrogens with zero attached hydrogens (tertiary/aromatic N) is 2. The molecule has 1 saturated heterocycles. The van der Waals surface area contributed by atoms with E-state index in [0.717, 1.165) is 53.9 Å². The Kier molecular flexibility index (Phi) is 8.83. The summed E-state index contributed by atoms with van der Waals surface area (Å²) in [6, 6.07) is 11.7. The van der Waals surface area contributed by atoms with Gasteiger partial charge in [0, 0.05) is 23.9 Å². The van der Waals surface area contributed by atoms with Crippen LogP contribution < -0.4 is 4.74 Å². The van der Waals surface area contributed by atoms with Crippen LogP contribution >= 0.6 is 23.1 Å². The average Bonchev–Trinajstić information content (AvgIpc) is 3.38.